The van der Waals surface area contributed by atoms with E-state index >= 15 is 0 Å². The van der Waals surface area contributed by atoms with E-state index in [9.17, 15) is 14.4 Å². The van der Waals surface area contributed by atoms with E-state index in [4.69, 9.17) is 5.11 Å². The third kappa shape index (κ3) is 2.01. The monoisotopic (exact) mass is 268 g/mol. The lowest BCUT2D eigenvalue weighted by molar-refractivity contribution is -0.141. The molecule has 0 aromatic carbocycles. The zero-order chi connectivity index (χ0) is 13.4. The van der Waals surface area contributed by atoms with Crippen LogP contribution in [-0.4, -0.2) is 32.8 Å². The van der Waals surface area contributed by atoms with Gasteiger partial charge in [-0.2, -0.15) is 0 Å². The van der Waals surface area contributed by atoms with Gasteiger partial charge in [-0.15, -0.1) is 11.3 Å². The molecule has 2 amide bonds. The van der Waals surface area contributed by atoms with Crippen molar-refractivity contribution < 1.29 is 19.5 Å². The maximum Gasteiger partial charge on any atom is 0.355 e. The molecule has 1 aromatic rings. The second-order valence-corrected chi connectivity index (χ2v) is 5.15. The Kier molecular flexibility index (Phi) is 3.16. The van der Waals surface area contributed by atoms with E-state index in [1.807, 2.05) is 0 Å². The number of aromatic carboxylic acids is 1. The summed E-state index contributed by atoms with van der Waals surface area (Å²) in [5.74, 6) is -1.87. The van der Waals surface area contributed by atoms with Crippen LogP contribution in [0.15, 0.2) is 5.38 Å². The van der Waals surface area contributed by atoms with Crippen LogP contribution in [0, 0.1) is 5.92 Å². The van der Waals surface area contributed by atoms with E-state index in [1.54, 1.807) is 13.8 Å². The van der Waals surface area contributed by atoms with Crippen LogP contribution in [0.2, 0.25) is 0 Å². The van der Waals surface area contributed by atoms with Crippen LogP contribution in [0.25, 0.3) is 0 Å². The molecular weight excluding hydrogens is 256 g/mol. The van der Waals surface area contributed by atoms with E-state index in [2.05, 4.69) is 4.98 Å². The predicted molar refractivity (Wildman–Crippen MR) is 63.1 cm³/mol. The first-order valence-electron chi connectivity index (χ1n) is 5.46. The van der Waals surface area contributed by atoms with Crippen molar-refractivity contribution in [2.24, 2.45) is 5.92 Å². The fourth-order valence-electron chi connectivity index (χ4n) is 1.90. The Morgan fingerprint density at radius 3 is 2.72 bits per heavy atom. The van der Waals surface area contributed by atoms with Crippen LogP contribution in [0.1, 0.15) is 41.8 Å². The number of imide groups is 1. The van der Waals surface area contributed by atoms with Gasteiger partial charge in [0.1, 0.15) is 5.01 Å². The third-order valence-electron chi connectivity index (χ3n) is 2.89. The highest BCUT2D eigenvalue weighted by Gasteiger charge is 2.39. The number of carboxylic acid groups (broad SMARTS) is 1. The molecule has 2 heterocycles. The average molecular weight is 268 g/mol. The minimum Gasteiger partial charge on any atom is -0.476 e. The molecular formula is C11H12N2O4S. The van der Waals surface area contributed by atoms with Crippen molar-refractivity contribution in [3.05, 3.63) is 16.1 Å². The number of amides is 2. The number of hydrogen-bond acceptors (Lipinski definition) is 5. The fraction of sp³-hybridized carbons (Fsp3) is 0.455. The lowest BCUT2D eigenvalue weighted by Gasteiger charge is -2.20. The lowest BCUT2D eigenvalue weighted by Crippen LogP contribution is -2.33. The molecule has 0 spiro atoms. The minimum atomic E-state index is -1.11. The first-order valence-corrected chi connectivity index (χ1v) is 6.34. The van der Waals surface area contributed by atoms with Gasteiger partial charge >= 0.3 is 5.97 Å². The molecule has 96 valence electrons. The van der Waals surface area contributed by atoms with Gasteiger partial charge in [0, 0.05) is 17.7 Å². The molecule has 1 aromatic heterocycles. The zero-order valence-electron chi connectivity index (χ0n) is 9.91. The van der Waals surface area contributed by atoms with Crippen LogP contribution in [-0.2, 0) is 9.59 Å². The van der Waals surface area contributed by atoms with Crippen molar-refractivity contribution in [3.8, 4) is 0 Å². The molecule has 1 fully saturated rings. The van der Waals surface area contributed by atoms with Gasteiger partial charge in [-0.3, -0.25) is 14.5 Å². The summed E-state index contributed by atoms with van der Waals surface area (Å²) in [6, 6.07) is -0.506. The van der Waals surface area contributed by atoms with Gasteiger partial charge in [-0.05, 0) is 6.92 Å². The number of carboxylic acids is 1. The van der Waals surface area contributed by atoms with Crippen molar-refractivity contribution in [1.29, 1.82) is 0 Å². The smallest absolute Gasteiger partial charge is 0.355 e. The molecule has 0 aliphatic carbocycles. The van der Waals surface area contributed by atoms with Crippen LogP contribution in [0.4, 0.5) is 0 Å². The first kappa shape index (κ1) is 12.7. The van der Waals surface area contributed by atoms with Crippen LogP contribution in [0.5, 0.6) is 0 Å². The quantitative estimate of drug-likeness (QED) is 0.835. The van der Waals surface area contributed by atoms with Crippen molar-refractivity contribution in [2.75, 3.05) is 0 Å². The minimum absolute atomic E-state index is 0.0611. The number of aromatic nitrogens is 1. The number of thiazole rings is 1. The summed E-state index contributed by atoms with van der Waals surface area (Å²) in [7, 11) is 0. The number of likely N-dealkylation sites (tertiary alicyclic amines) is 1. The van der Waals surface area contributed by atoms with Gasteiger partial charge in [0.25, 0.3) is 0 Å². The molecule has 2 rings (SSSR count). The Morgan fingerprint density at radius 2 is 2.28 bits per heavy atom. The highest BCUT2D eigenvalue weighted by Crippen LogP contribution is 2.30. The van der Waals surface area contributed by atoms with E-state index in [1.165, 1.54) is 10.3 Å². The van der Waals surface area contributed by atoms with Crippen molar-refractivity contribution in [1.82, 2.24) is 9.88 Å². The number of carbonyl (C=O) groups is 3. The van der Waals surface area contributed by atoms with Crippen LogP contribution >= 0.6 is 11.3 Å². The second-order valence-electron chi connectivity index (χ2n) is 4.26. The molecule has 0 radical (unpaired) electrons. The van der Waals surface area contributed by atoms with Gasteiger partial charge in [-0.1, -0.05) is 6.92 Å². The van der Waals surface area contributed by atoms with Crippen molar-refractivity contribution in [2.45, 2.75) is 26.3 Å². The molecule has 2 atom stereocenters. The average Bonchev–Trinajstić information content (AvgIpc) is 2.85. The summed E-state index contributed by atoms with van der Waals surface area (Å²) in [5.41, 5.74) is -0.0611. The molecule has 1 saturated heterocycles. The Balaban J connectivity index is 2.25. The van der Waals surface area contributed by atoms with Gasteiger partial charge in [0.05, 0.1) is 6.04 Å². The summed E-state index contributed by atoms with van der Waals surface area (Å²) < 4.78 is 0. The summed E-state index contributed by atoms with van der Waals surface area (Å²) in [6.07, 6.45) is 0.209. The first-order chi connectivity index (χ1) is 8.41. The second kappa shape index (κ2) is 4.49. The maximum absolute atomic E-state index is 11.8. The molecule has 0 bridgehead atoms. The Bertz CT molecular complexity index is 525. The predicted octanol–water partition coefficient (Wildman–Crippen LogP) is 1.30. The maximum atomic E-state index is 11.8. The highest BCUT2D eigenvalue weighted by atomic mass is 32.1. The van der Waals surface area contributed by atoms with Gasteiger partial charge in [-0.25, -0.2) is 9.78 Å². The molecule has 18 heavy (non-hydrogen) atoms. The summed E-state index contributed by atoms with van der Waals surface area (Å²) in [5, 5.41) is 10.7. The largest absolute Gasteiger partial charge is 0.476 e. The standard InChI is InChI=1S/C11H12N2O4S/c1-5-3-8(14)13(10(5)15)6(2)9-12-7(4-18-9)11(16)17/h4-6H,3H2,1-2H3,(H,16,17). The summed E-state index contributed by atoms with van der Waals surface area (Å²) in [6.45, 7) is 3.38. The number of rotatable bonds is 3. The van der Waals surface area contributed by atoms with Gasteiger partial charge in [0.15, 0.2) is 5.69 Å². The molecule has 1 aliphatic rings. The van der Waals surface area contributed by atoms with Crippen LogP contribution in [0.3, 0.4) is 0 Å². The number of nitrogens with zero attached hydrogens (tertiary/aromatic N) is 2. The summed E-state index contributed by atoms with van der Waals surface area (Å²) >= 11 is 1.14. The van der Waals surface area contributed by atoms with E-state index in [-0.39, 0.29) is 29.8 Å². The fourth-order valence-corrected chi connectivity index (χ4v) is 2.74. The Labute approximate surface area is 107 Å². The molecule has 1 N–H and O–H groups in total. The molecule has 1 aliphatic heterocycles. The van der Waals surface area contributed by atoms with E-state index in [0.29, 0.717) is 5.01 Å². The summed E-state index contributed by atoms with van der Waals surface area (Å²) in [4.78, 5) is 39.4. The molecule has 6 nitrogen and oxygen atoms in total. The highest BCUT2D eigenvalue weighted by molar-refractivity contribution is 7.09. The SMILES string of the molecule is CC1CC(=O)N(C(C)c2nc(C(=O)O)cs2)C1=O. The topological polar surface area (TPSA) is 87.6 Å². The van der Waals surface area contributed by atoms with Crippen molar-refractivity contribution >= 4 is 29.1 Å². The molecule has 2 unspecified atom stereocenters. The zero-order valence-corrected chi connectivity index (χ0v) is 10.7. The normalized spacial score (nSPS) is 21.4. The Hall–Kier alpha value is -1.76. The van der Waals surface area contributed by atoms with Gasteiger partial charge < -0.3 is 5.11 Å². The van der Waals surface area contributed by atoms with Crippen molar-refractivity contribution in [3.63, 3.8) is 0 Å². The lowest BCUT2D eigenvalue weighted by atomic mass is 10.1. The van der Waals surface area contributed by atoms with Crippen LogP contribution < -0.4 is 0 Å². The third-order valence-corrected chi connectivity index (χ3v) is 3.91. The van der Waals surface area contributed by atoms with Gasteiger partial charge in [0.2, 0.25) is 11.8 Å². The number of hydrogen-bond donors (Lipinski definition) is 1. The van der Waals surface area contributed by atoms with E-state index in [0.717, 1.165) is 11.3 Å². The van der Waals surface area contributed by atoms with E-state index < -0.39 is 12.0 Å². The molecule has 7 heteroatoms. The Morgan fingerprint density at radius 1 is 1.61 bits per heavy atom. The number of carbonyl (C=O) groups excluding carboxylic acids is 2. The molecule has 0 saturated carbocycles.